The minimum atomic E-state index is -0.314. The number of amides is 1. The van der Waals surface area contributed by atoms with Gasteiger partial charge in [-0.3, -0.25) is 4.79 Å². The standard InChI is InChI=1S/C17H18ClN3O3/c1-23-15-6-5-12(18)11-14(15)20-17(22)13-3-2-4-16(19-13)21-7-9-24-10-8-21/h2-6,11H,7-10H2,1H3,(H,20,22). The molecule has 7 heteroatoms. The SMILES string of the molecule is COc1ccc(Cl)cc1NC(=O)c1cccc(N2CCOCC2)n1. The summed E-state index contributed by atoms with van der Waals surface area (Å²) in [5.41, 5.74) is 0.842. The molecule has 6 nitrogen and oxygen atoms in total. The van der Waals surface area contributed by atoms with Crippen LogP contribution in [0.2, 0.25) is 5.02 Å². The summed E-state index contributed by atoms with van der Waals surface area (Å²) in [6, 6.07) is 10.4. The van der Waals surface area contributed by atoms with Gasteiger partial charge >= 0.3 is 0 Å². The van der Waals surface area contributed by atoms with Crippen molar-refractivity contribution in [2.24, 2.45) is 0 Å². The number of anilines is 2. The fourth-order valence-corrected chi connectivity index (χ4v) is 2.65. The second kappa shape index (κ2) is 7.51. The average molecular weight is 348 g/mol. The second-order valence-corrected chi connectivity index (χ2v) is 5.72. The maximum absolute atomic E-state index is 12.5. The molecule has 0 radical (unpaired) electrons. The molecule has 0 saturated carbocycles. The van der Waals surface area contributed by atoms with E-state index in [-0.39, 0.29) is 5.91 Å². The zero-order valence-corrected chi connectivity index (χ0v) is 14.0. The van der Waals surface area contributed by atoms with Crippen molar-refractivity contribution in [1.82, 2.24) is 4.98 Å². The van der Waals surface area contributed by atoms with E-state index < -0.39 is 0 Å². The van der Waals surface area contributed by atoms with E-state index in [1.807, 2.05) is 12.1 Å². The maximum Gasteiger partial charge on any atom is 0.274 e. The highest BCUT2D eigenvalue weighted by Crippen LogP contribution is 2.28. The van der Waals surface area contributed by atoms with Gasteiger partial charge in [0.25, 0.3) is 5.91 Å². The Balaban J connectivity index is 1.79. The quantitative estimate of drug-likeness (QED) is 0.921. The molecular formula is C17H18ClN3O3. The number of benzene rings is 1. The minimum absolute atomic E-state index is 0.314. The topological polar surface area (TPSA) is 63.7 Å². The number of nitrogens with one attached hydrogen (secondary N) is 1. The number of carbonyl (C=O) groups is 1. The molecule has 1 fully saturated rings. The van der Waals surface area contributed by atoms with Crippen LogP contribution in [0.4, 0.5) is 11.5 Å². The lowest BCUT2D eigenvalue weighted by Gasteiger charge is -2.27. The van der Waals surface area contributed by atoms with E-state index in [0.717, 1.165) is 18.9 Å². The Hall–Kier alpha value is -2.31. The number of morpholine rings is 1. The van der Waals surface area contributed by atoms with E-state index in [4.69, 9.17) is 21.1 Å². The summed E-state index contributed by atoms with van der Waals surface area (Å²) >= 11 is 5.99. The molecule has 2 aromatic rings. The van der Waals surface area contributed by atoms with Crippen LogP contribution in [0, 0.1) is 0 Å². The summed E-state index contributed by atoms with van der Waals surface area (Å²) < 4.78 is 10.6. The van der Waals surface area contributed by atoms with Gasteiger partial charge in [-0.05, 0) is 30.3 Å². The van der Waals surface area contributed by atoms with Crippen molar-refractivity contribution in [3.05, 3.63) is 47.1 Å². The van der Waals surface area contributed by atoms with Crippen LogP contribution >= 0.6 is 11.6 Å². The maximum atomic E-state index is 12.5. The van der Waals surface area contributed by atoms with E-state index in [9.17, 15) is 4.79 Å². The van der Waals surface area contributed by atoms with Crippen LogP contribution in [0.3, 0.4) is 0 Å². The monoisotopic (exact) mass is 347 g/mol. The smallest absolute Gasteiger partial charge is 0.274 e. The van der Waals surface area contributed by atoms with Crippen LogP contribution in [-0.2, 0) is 4.74 Å². The number of ether oxygens (including phenoxy) is 2. The van der Waals surface area contributed by atoms with Gasteiger partial charge in [-0.25, -0.2) is 4.98 Å². The third-order valence-electron chi connectivity index (χ3n) is 3.71. The van der Waals surface area contributed by atoms with Gasteiger partial charge in [-0.1, -0.05) is 17.7 Å². The molecular weight excluding hydrogens is 330 g/mol. The van der Waals surface area contributed by atoms with Gasteiger partial charge in [-0.2, -0.15) is 0 Å². The zero-order valence-electron chi connectivity index (χ0n) is 13.3. The summed E-state index contributed by atoms with van der Waals surface area (Å²) in [6.45, 7) is 2.86. The van der Waals surface area contributed by atoms with Gasteiger partial charge in [0, 0.05) is 18.1 Å². The molecule has 0 aliphatic carbocycles. The van der Waals surface area contributed by atoms with Crippen molar-refractivity contribution in [2.75, 3.05) is 43.6 Å². The van der Waals surface area contributed by atoms with Crippen molar-refractivity contribution in [3.63, 3.8) is 0 Å². The Labute approximate surface area is 145 Å². The van der Waals surface area contributed by atoms with E-state index in [2.05, 4.69) is 15.2 Å². The molecule has 3 rings (SSSR count). The van der Waals surface area contributed by atoms with Crippen molar-refractivity contribution in [1.29, 1.82) is 0 Å². The number of pyridine rings is 1. The number of carbonyl (C=O) groups excluding carboxylic acids is 1. The lowest BCUT2D eigenvalue weighted by molar-refractivity contribution is 0.102. The first-order chi connectivity index (χ1) is 11.7. The molecule has 0 atom stereocenters. The van der Waals surface area contributed by atoms with Crippen LogP contribution in [0.25, 0.3) is 0 Å². The molecule has 126 valence electrons. The molecule has 1 aliphatic rings. The first-order valence-electron chi connectivity index (χ1n) is 7.62. The van der Waals surface area contributed by atoms with E-state index in [1.165, 1.54) is 7.11 Å². The Morgan fingerprint density at radius 2 is 2.08 bits per heavy atom. The van der Waals surface area contributed by atoms with Crippen molar-refractivity contribution in [2.45, 2.75) is 0 Å². The molecule has 2 heterocycles. The minimum Gasteiger partial charge on any atom is -0.495 e. The first-order valence-corrected chi connectivity index (χ1v) is 8.00. The van der Waals surface area contributed by atoms with Gasteiger partial charge in [0.2, 0.25) is 0 Å². The third-order valence-corrected chi connectivity index (χ3v) is 3.95. The van der Waals surface area contributed by atoms with Crippen LogP contribution in [0.15, 0.2) is 36.4 Å². The second-order valence-electron chi connectivity index (χ2n) is 5.28. The normalized spacial score (nSPS) is 14.3. The summed E-state index contributed by atoms with van der Waals surface area (Å²) in [5.74, 6) is 0.992. The predicted molar refractivity (Wildman–Crippen MR) is 93.2 cm³/mol. The molecule has 0 spiro atoms. The van der Waals surface area contributed by atoms with E-state index >= 15 is 0 Å². The Morgan fingerprint density at radius 1 is 1.29 bits per heavy atom. The number of aromatic nitrogens is 1. The van der Waals surface area contributed by atoms with Crippen LogP contribution in [0.5, 0.6) is 5.75 Å². The number of hydrogen-bond donors (Lipinski definition) is 1. The van der Waals surface area contributed by atoms with E-state index in [1.54, 1.807) is 24.3 Å². The van der Waals surface area contributed by atoms with Gasteiger partial charge in [0.05, 0.1) is 26.0 Å². The lowest BCUT2D eigenvalue weighted by atomic mass is 10.2. The van der Waals surface area contributed by atoms with E-state index in [0.29, 0.717) is 35.4 Å². The molecule has 1 aromatic carbocycles. The van der Waals surface area contributed by atoms with Crippen molar-refractivity contribution < 1.29 is 14.3 Å². The highest BCUT2D eigenvalue weighted by molar-refractivity contribution is 6.31. The summed E-state index contributed by atoms with van der Waals surface area (Å²) in [5, 5.41) is 3.31. The highest BCUT2D eigenvalue weighted by Gasteiger charge is 2.16. The number of halogens is 1. The Kier molecular flexibility index (Phi) is 5.17. The van der Waals surface area contributed by atoms with Gasteiger partial charge in [0.1, 0.15) is 17.3 Å². The summed E-state index contributed by atoms with van der Waals surface area (Å²) in [7, 11) is 1.54. The molecule has 1 N–H and O–H groups in total. The van der Waals surface area contributed by atoms with Gasteiger partial charge in [0.15, 0.2) is 0 Å². The fourth-order valence-electron chi connectivity index (χ4n) is 2.48. The molecule has 1 amide bonds. The predicted octanol–water partition coefficient (Wildman–Crippen LogP) is 2.83. The highest BCUT2D eigenvalue weighted by atomic mass is 35.5. The van der Waals surface area contributed by atoms with Crippen molar-refractivity contribution in [3.8, 4) is 5.75 Å². The van der Waals surface area contributed by atoms with Crippen LogP contribution in [0.1, 0.15) is 10.5 Å². The number of hydrogen-bond acceptors (Lipinski definition) is 5. The van der Waals surface area contributed by atoms with Crippen molar-refractivity contribution >= 4 is 29.0 Å². The largest absolute Gasteiger partial charge is 0.495 e. The van der Waals surface area contributed by atoms with Gasteiger partial charge in [-0.15, -0.1) is 0 Å². The fraction of sp³-hybridized carbons (Fsp3) is 0.294. The number of rotatable bonds is 4. The zero-order chi connectivity index (χ0) is 16.9. The lowest BCUT2D eigenvalue weighted by Crippen LogP contribution is -2.37. The molecule has 24 heavy (non-hydrogen) atoms. The van der Waals surface area contributed by atoms with Crippen LogP contribution < -0.4 is 15.0 Å². The summed E-state index contributed by atoms with van der Waals surface area (Å²) in [4.78, 5) is 19.1. The van der Waals surface area contributed by atoms with Crippen LogP contribution in [-0.4, -0.2) is 44.3 Å². The molecule has 1 aromatic heterocycles. The number of methoxy groups -OCH3 is 1. The summed E-state index contributed by atoms with van der Waals surface area (Å²) in [6.07, 6.45) is 0. The Morgan fingerprint density at radius 3 is 2.83 bits per heavy atom. The third kappa shape index (κ3) is 3.77. The molecule has 0 unspecified atom stereocenters. The Bertz CT molecular complexity index is 733. The average Bonchev–Trinajstić information content (AvgIpc) is 2.63. The first kappa shape index (κ1) is 16.5. The molecule has 1 saturated heterocycles. The number of nitrogens with zero attached hydrogens (tertiary/aromatic N) is 2. The molecule has 1 aliphatic heterocycles. The molecule has 0 bridgehead atoms. The van der Waals surface area contributed by atoms with Gasteiger partial charge < -0.3 is 19.7 Å².